The average molecular weight is 228 g/mol. The van der Waals surface area contributed by atoms with Crippen molar-refractivity contribution in [3.05, 3.63) is 0 Å². The molecule has 0 heterocycles. The maximum Gasteiger partial charge on any atom is 0.00450 e. The largest absolute Gasteiger partial charge is 0.176 e. The van der Waals surface area contributed by atoms with Gasteiger partial charge in [0.15, 0.2) is 0 Å². The van der Waals surface area contributed by atoms with Gasteiger partial charge in [-0.3, -0.25) is 0 Å². The van der Waals surface area contributed by atoms with Crippen molar-refractivity contribution in [2.75, 3.05) is 0 Å². The van der Waals surface area contributed by atoms with Gasteiger partial charge in [0, 0.05) is 5.25 Å². The van der Waals surface area contributed by atoms with Gasteiger partial charge in [0.05, 0.1) is 0 Å². The second-order valence-corrected chi connectivity index (χ2v) is 5.83. The monoisotopic (exact) mass is 228 g/mol. The Morgan fingerprint density at radius 3 is 2.33 bits per heavy atom. The summed E-state index contributed by atoms with van der Waals surface area (Å²) in [5.74, 6) is 0.938. The third-order valence-corrected chi connectivity index (χ3v) is 4.48. The van der Waals surface area contributed by atoms with Gasteiger partial charge >= 0.3 is 0 Å². The Bertz CT molecular complexity index is 138. The molecule has 0 spiro atoms. The highest BCUT2D eigenvalue weighted by Crippen LogP contribution is 2.31. The fourth-order valence-electron chi connectivity index (χ4n) is 2.71. The molecule has 1 aliphatic carbocycles. The van der Waals surface area contributed by atoms with Crippen LogP contribution < -0.4 is 0 Å². The lowest BCUT2D eigenvalue weighted by Gasteiger charge is -2.26. The van der Waals surface area contributed by atoms with Crippen molar-refractivity contribution in [1.29, 1.82) is 0 Å². The molecule has 1 aliphatic rings. The molecule has 1 atom stereocenters. The smallest absolute Gasteiger partial charge is 0.00450 e. The molecule has 0 saturated heterocycles. The number of thiol groups is 1. The van der Waals surface area contributed by atoms with Crippen molar-refractivity contribution in [3.8, 4) is 0 Å². The molecule has 0 radical (unpaired) electrons. The summed E-state index contributed by atoms with van der Waals surface area (Å²) in [7, 11) is 0. The van der Waals surface area contributed by atoms with Crippen LogP contribution in [0.3, 0.4) is 0 Å². The quantitative estimate of drug-likeness (QED) is 0.448. The van der Waals surface area contributed by atoms with E-state index in [-0.39, 0.29) is 0 Å². The minimum absolute atomic E-state index is 0.701. The molecule has 0 nitrogen and oxygen atoms in total. The summed E-state index contributed by atoms with van der Waals surface area (Å²) in [5.41, 5.74) is 0. The molecular weight excluding hydrogens is 200 g/mol. The molecule has 1 unspecified atom stereocenters. The van der Waals surface area contributed by atoms with E-state index in [0.717, 1.165) is 5.92 Å². The highest BCUT2D eigenvalue weighted by atomic mass is 32.1. The Kier molecular flexibility index (Phi) is 7.60. The highest BCUT2D eigenvalue weighted by Gasteiger charge is 2.19. The van der Waals surface area contributed by atoms with Crippen LogP contribution in [0.4, 0.5) is 0 Å². The van der Waals surface area contributed by atoms with Gasteiger partial charge in [-0.1, -0.05) is 58.3 Å². The second kappa shape index (κ2) is 8.50. The van der Waals surface area contributed by atoms with Gasteiger partial charge in [0.25, 0.3) is 0 Å². The first-order valence-electron chi connectivity index (χ1n) is 7.02. The molecule has 15 heavy (non-hydrogen) atoms. The van der Waals surface area contributed by atoms with Crippen LogP contribution in [-0.2, 0) is 0 Å². The van der Waals surface area contributed by atoms with Gasteiger partial charge in [-0.2, -0.15) is 12.6 Å². The number of hydrogen-bond donors (Lipinski definition) is 1. The number of unbranched alkanes of at least 4 members (excludes halogenated alkanes) is 4. The van der Waals surface area contributed by atoms with E-state index in [1.54, 1.807) is 0 Å². The summed E-state index contributed by atoms with van der Waals surface area (Å²) in [4.78, 5) is 0. The molecule has 0 N–H and O–H groups in total. The molecule has 0 aromatic rings. The second-order valence-electron chi connectivity index (χ2n) is 5.17. The molecule has 0 aromatic heterocycles. The Morgan fingerprint density at radius 2 is 1.67 bits per heavy atom. The predicted molar refractivity (Wildman–Crippen MR) is 72.7 cm³/mol. The van der Waals surface area contributed by atoms with Crippen LogP contribution in [-0.4, -0.2) is 5.25 Å². The van der Waals surface area contributed by atoms with E-state index in [2.05, 4.69) is 6.92 Å². The fraction of sp³-hybridized carbons (Fsp3) is 1.00. The van der Waals surface area contributed by atoms with Crippen molar-refractivity contribution in [2.24, 2.45) is 5.92 Å². The van der Waals surface area contributed by atoms with Crippen LogP contribution in [0.15, 0.2) is 0 Å². The maximum absolute atomic E-state index is 4.80. The number of rotatable bonds is 7. The molecule has 1 saturated carbocycles. The third-order valence-electron chi connectivity index (χ3n) is 3.80. The zero-order valence-corrected chi connectivity index (χ0v) is 11.3. The van der Waals surface area contributed by atoms with E-state index in [9.17, 15) is 0 Å². The molecule has 0 bridgehead atoms. The first-order chi connectivity index (χ1) is 7.34. The van der Waals surface area contributed by atoms with Crippen molar-refractivity contribution in [3.63, 3.8) is 0 Å². The van der Waals surface area contributed by atoms with E-state index < -0.39 is 0 Å². The lowest BCUT2D eigenvalue weighted by molar-refractivity contribution is 0.338. The average Bonchev–Trinajstić information content (AvgIpc) is 2.30. The summed E-state index contributed by atoms with van der Waals surface area (Å²) in [5, 5.41) is 0.701. The zero-order chi connectivity index (χ0) is 10.9. The van der Waals surface area contributed by atoms with E-state index >= 15 is 0 Å². The van der Waals surface area contributed by atoms with Gasteiger partial charge in [0.1, 0.15) is 0 Å². The molecule has 1 rings (SSSR count). The zero-order valence-electron chi connectivity index (χ0n) is 10.4. The van der Waals surface area contributed by atoms with Crippen molar-refractivity contribution < 1.29 is 0 Å². The molecular formula is C14H28S. The molecule has 90 valence electrons. The van der Waals surface area contributed by atoms with Gasteiger partial charge in [-0.05, 0) is 25.2 Å². The van der Waals surface area contributed by atoms with Gasteiger partial charge in [-0.25, -0.2) is 0 Å². The van der Waals surface area contributed by atoms with Crippen LogP contribution in [0, 0.1) is 5.92 Å². The normalized spacial score (nSPS) is 20.4. The van der Waals surface area contributed by atoms with Crippen molar-refractivity contribution >= 4 is 12.6 Å². The first kappa shape index (κ1) is 13.4. The summed E-state index contributed by atoms with van der Waals surface area (Å²) in [6.07, 6.45) is 15.7. The molecule has 0 amide bonds. The standard InChI is InChI=1S/C14H28S/c1-2-3-4-5-9-12-14(15)13-10-7-6-8-11-13/h13-15H,2-12H2,1H3. The lowest BCUT2D eigenvalue weighted by atomic mass is 9.85. The van der Waals surface area contributed by atoms with Crippen molar-refractivity contribution in [2.45, 2.75) is 82.8 Å². The SMILES string of the molecule is CCCCCCCC(S)C1CCCCC1. The molecule has 0 aromatic carbocycles. The summed E-state index contributed by atoms with van der Waals surface area (Å²) < 4.78 is 0. The Labute approximate surface area is 102 Å². The molecule has 1 heteroatoms. The summed E-state index contributed by atoms with van der Waals surface area (Å²) in [6.45, 7) is 2.28. The predicted octanol–water partition coefficient (Wildman–Crippen LogP) is 5.23. The van der Waals surface area contributed by atoms with Gasteiger partial charge in [-0.15, -0.1) is 0 Å². The Hall–Kier alpha value is 0.350. The lowest BCUT2D eigenvalue weighted by Crippen LogP contribution is -2.18. The highest BCUT2D eigenvalue weighted by molar-refractivity contribution is 7.81. The van der Waals surface area contributed by atoms with E-state index in [0.29, 0.717) is 5.25 Å². The third kappa shape index (κ3) is 5.85. The topological polar surface area (TPSA) is 0 Å². The van der Waals surface area contributed by atoms with Crippen LogP contribution in [0.5, 0.6) is 0 Å². The van der Waals surface area contributed by atoms with E-state index in [1.165, 1.54) is 70.6 Å². The van der Waals surface area contributed by atoms with E-state index in [4.69, 9.17) is 12.6 Å². The van der Waals surface area contributed by atoms with Gasteiger partial charge < -0.3 is 0 Å². The Balaban J connectivity index is 1.99. The van der Waals surface area contributed by atoms with Gasteiger partial charge in [0.2, 0.25) is 0 Å². The minimum atomic E-state index is 0.701. The Morgan fingerprint density at radius 1 is 1.00 bits per heavy atom. The van der Waals surface area contributed by atoms with E-state index in [1.807, 2.05) is 0 Å². The first-order valence-corrected chi connectivity index (χ1v) is 7.54. The minimum Gasteiger partial charge on any atom is -0.176 e. The van der Waals surface area contributed by atoms with Crippen LogP contribution in [0.1, 0.15) is 77.6 Å². The number of hydrogen-bond acceptors (Lipinski definition) is 1. The molecule has 0 aliphatic heterocycles. The molecule has 1 fully saturated rings. The summed E-state index contributed by atoms with van der Waals surface area (Å²) in [6, 6.07) is 0. The van der Waals surface area contributed by atoms with Crippen LogP contribution in [0.25, 0.3) is 0 Å². The summed E-state index contributed by atoms with van der Waals surface area (Å²) >= 11 is 4.80. The van der Waals surface area contributed by atoms with Crippen molar-refractivity contribution in [1.82, 2.24) is 0 Å². The van der Waals surface area contributed by atoms with Crippen LogP contribution in [0.2, 0.25) is 0 Å². The van der Waals surface area contributed by atoms with Crippen LogP contribution >= 0.6 is 12.6 Å². The fourth-order valence-corrected chi connectivity index (χ4v) is 3.19. The maximum atomic E-state index is 4.80.